The van der Waals surface area contributed by atoms with Crippen LogP contribution in [0.5, 0.6) is 0 Å². The second-order valence-electron chi connectivity index (χ2n) is 5.22. The number of alkyl halides is 3. The van der Waals surface area contributed by atoms with Crippen molar-refractivity contribution in [1.29, 1.82) is 0 Å². The fourth-order valence-corrected chi connectivity index (χ4v) is 2.35. The van der Waals surface area contributed by atoms with Crippen LogP contribution in [0.15, 0.2) is 18.2 Å². The molecule has 5 nitrogen and oxygen atoms in total. The van der Waals surface area contributed by atoms with E-state index in [1.165, 1.54) is 4.90 Å². The normalized spacial score (nSPS) is 16.3. The predicted octanol–water partition coefficient (Wildman–Crippen LogP) is 3.17. The minimum Gasteiger partial charge on any atom is -0.481 e. The number of anilines is 1. The van der Waals surface area contributed by atoms with Gasteiger partial charge in [-0.2, -0.15) is 13.2 Å². The molecule has 2 amide bonds. The van der Waals surface area contributed by atoms with Gasteiger partial charge in [-0.1, -0.05) is 0 Å². The topological polar surface area (TPSA) is 69.6 Å². The third-order valence-electron chi connectivity index (χ3n) is 3.65. The Balaban J connectivity index is 2.03. The molecule has 1 aromatic carbocycles. The van der Waals surface area contributed by atoms with E-state index in [9.17, 15) is 27.2 Å². The molecular weight excluding hydrogens is 320 g/mol. The fraction of sp³-hybridized carbons (Fsp3) is 0.429. The molecule has 1 aromatic rings. The van der Waals surface area contributed by atoms with Gasteiger partial charge in [-0.25, -0.2) is 9.18 Å². The molecule has 9 heteroatoms. The molecule has 0 aliphatic carbocycles. The molecule has 1 heterocycles. The zero-order chi connectivity index (χ0) is 17.2. The van der Waals surface area contributed by atoms with Crippen LogP contribution in [0.3, 0.4) is 0 Å². The van der Waals surface area contributed by atoms with E-state index in [0.717, 1.165) is 6.07 Å². The van der Waals surface area contributed by atoms with Crippen LogP contribution in [0.2, 0.25) is 0 Å². The Morgan fingerprint density at radius 2 is 1.83 bits per heavy atom. The number of amides is 2. The van der Waals surface area contributed by atoms with Gasteiger partial charge in [0.2, 0.25) is 0 Å². The molecule has 1 saturated heterocycles. The molecule has 0 radical (unpaired) electrons. The first-order valence-electron chi connectivity index (χ1n) is 6.84. The number of halogens is 4. The summed E-state index contributed by atoms with van der Waals surface area (Å²) in [5.41, 5.74) is -1.64. The van der Waals surface area contributed by atoms with Gasteiger partial charge >= 0.3 is 18.2 Å². The first kappa shape index (κ1) is 17.0. The number of hydrogen-bond donors (Lipinski definition) is 2. The molecule has 23 heavy (non-hydrogen) atoms. The van der Waals surface area contributed by atoms with Crippen LogP contribution in [0, 0.1) is 11.7 Å². The highest BCUT2D eigenvalue weighted by Crippen LogP contribution is 2.33. The van der Waals surface area contributed by atoms with Crippen molar-refractivity contribution in [3.8, 4) is 0 Å². The summed E-state index contributed by atoms with van der Waals surface area (Å²) < 4.78 is 51.0. The Bertz CT molecular complexity index is 611. The van der Waals surface area contributed by atoms with E-state index in [-0.39, 0.29) is 31.6 Å². The van der Waals surface area contributed by atoms with E-state index >= 15 is 0 Å². The molecule has 0 unspecified atom stereocenters. The third-order valence-corrected chi connectivity index (χ3v) is 3.65. The van der Waals surface area contributed by atoms with Crippen molar-refractivity contribution in [2.24, 2.45) is 5.92 Å². The number of carboxylic acid groups (broad SMARTS) is 1. The van der Waals surface area contributed by atoms with E-state index in [2.05, 4.69) is 5.32 Å². The van der Waals surface area contributed by atoms with E-state index in [1.807, 2.05) is 0 Å². The fourth-order valence-electron chi connectivity index (χ4n) is 2.35. The average Bonchev–Trinajstić information content (AvgIpc) is 2.48. The van der Waals surface area contributed by atoms with Crippen molar-refractivity contribution in [2.75, 3.05) is 18.4 Å². The Morgan fingerprint density at radius 3 is 2.35 bits per heavy atom. The number of nitrogens with zero attached hydrogens (tertiary/aromatic N) is 1. The van der Waals surface area contributed by atoms with Gasteiger partial charge in [-0.05, 0) is 31.0 Å². The number of carboxylic acids is 1. The van der Waals surface area contributed by atoms with Crippen LogP contribution >= 0.6 is 0 Å². The number of carbonyl (C=O) groups excluding carboxylic acids is 1. The number of urea groups is 1. The molecule has 2 N–H and O–H groups in total. The van der Waals surface area contributed by atoms with E-state index in [0.29, 0.717) is 12.1 Å². The van der Waals surface area contributed by atoms with Crippen LogP contribution < -0.4 is 5.32 Å². The number of likely N-dealkylation sites (tertiary alicyclic amines) is 1. The standard InChI is InChI=1S/C14H14F4N2O3/c15-11-2-1-9(7-10(11)14(16,17)18)19-13(23)20-5-3-8(4-6-20)12(21)22/h1-2,7-8H,3-6H2,(H,19,23)(H,21,22). The lowest BCUT2D eigenvalue weighted by molar-refractivity contribution is -0.143. The summed E-state index contributed by atoms with van der Waals surface area (Å²) in [6.45, 7) is 0.381. The largest absolute Gasteiger partial charge is 0.481 e. The summed E-state index contributed by atoms with van der Waals surface area (Å²) in [6.07, 6.45) is -4.30. The molecule has 0 aromatic heterocycles. The van der Waals surface area contributed by atoms with Gasteiger partial charge in [0.25, 0.3) is 0 Å². The second-order valence-corrected chi connectivity index (χ2v) is 5.22. The molecule has 0 saturated carbocycles. The monoisotopic (exact) mass is 334 g/mol. The van der Waals surface area contributed by atoms with Crippen LogP contribution in [-0.4, -0.2) is 35.1 Å². The van der Waals surface area contributed by atoms with Crippen molar-refractivity contribution in [2.45, 2.75) is 19.0 Å². The number of rotatable bonds is 2. The zero-order valence-corrected chi connectivity index (χ0v) is 11.9. The average molecular weight is 334 g/mol. The number of hydrogen-bond acceptors (Lipinski definition) is 2. The summed E-state index contributed by atoms with van der Waals surface area (Å²) in [5.74, 6) is -2.88. The highest BCUT2D eigenvalue weighted by Gasteiger charge is 2.34. The maximum atomic E-state index is 13.2. The number of aliphatic carboxylic acids is 1. The molecule has 1 aliphatic heterocycles. The number of benzene rings is 1. The smallest absolute Gasteiger partial charge is 0.419 e. The zero-order valence-electron chi connectivity index (χ0n) is 11.9. The molecule has 1 aliphatic rings. The third kappa shape index (κ3) is 4.11. The predicted molar refractivity (Wildman–Crippen MR) is 72.4 cm³/mol. The van der Waals surface area contributed by atoms with Crippen LogP contribution in [-0.2, 0) is 11.0 Å². The molecule has 0 spiro atoms. The SMILES string of the molecule is O=C(O)C1CCN(C(=O)Nc2ccc(F)c(C(F)(F)F)c2)CC1. The summed E-state index contributed by atoms with van der Waals surface area (Å²) in [5, 5.41) is 11.1. The number of piperidine rings is 1. The molecule has 0 atom stereocenters. The van der Waals surface area contributed by atoms with Crippen LogP contribution in [0.4, 0.5) is 28.0 Å². The minimum absolute atomic E-state index is 0.177. The van der Waals surface area contributed by atoms with Crippen LogP contribution in [0.1, 0.15) is 18.4 Å². The van der Waals surface area contributed by atoms with E-state index in [1.54, 1.807) is 0 Å². The van der Waals surface area contributed by atoms with E-state index < -0.39 is 35.5 Å². The van der Waals surface area contributed by atoms with Crippen molar-refractivity contribution in [3.05, 3.63) is 29.6 Å². The number of nitrogens with one attached hydrogen (secondary N) is 1. The minimum atomic E-state index is -4.86. The molecule has 1 fully saturated rings. The maximum Gasteiger partial charge on any atom is 0.419 e. The highest BCUT2D eigenvalue weighted by molar-refractivity contribution is 5.89. The Morgan fingerprint density at radius 1 is 1.22 bits per heavy atom. The van der Waals surface area contributed by atoms with Gasteiger partial charge in [-0.3, -0.25) is 4.79 Å². The molecular formula is C14H14F4N2O3. The van der Waals surface area contributed by atoms with Gasteiger partial charge in [0.15, 0.2) is 0 Å². The maximum absolute atomic E-state index is 13.2. The first-order chi connectivity index (χ1) is 10.7. The van der Waals surface area contributed by atoms with Gasteiger partial charge < -0.3 is 15.3 Å². The lowest BCUT2D eigenvalue weighted by Gasteiger charge is -2.30. The van der Waals surface area contributed by atoms with Crippen molar-refractivity contribution in [3.63, 3.8) is 0 Å². The lowest BCUT2D eigenvalue weighted by Crippen LogP contribution is -2.42. The van der Waals surface area contributed by atoms with Crippen molar-refractivity contribution in [1.82, 2.24) is 4.90 Å². The Kier molecular flexibility index (Phi) is 4.76. The Hall–Kier alpha value is -2.32. The van der Waals surface area contributed by atoms with E-state index in [4.69, 9.17) is 5.11 Å². The molecule has 126 valence electrons. The lowest BCUT2D eigenvalue weighted by atomic mass is 9.97. The van der Waals surface area contributed by atoms with Crippen molar-refractivity contribution < 1.29 is 32.3 Å². The van der Waals surface area contributed by atoms with Gasteiger partial charge in [-0.15, -0.1) is 0 Å². The molecule has 2 rings (SSSR count). The Labute approximate surface area is 128 Å². The summed E-state index contributed by atoms with van der Waals surface area (Å²) in [6, 6.07) is 1.55. The highest BCUT2D eigenvalue weighted by atomic mass is 19.4. The second kappa shape index (κ2) is 6.43. The quantitative estimate of drug-likeness (QED) is 0.816. The summed E-state index contributed by atoms with van der Waals surface area (Å²) in [4.78, 5) is 24.1. The first-order valence-corrected chi connectivity index (χ1v) is 6.84. The number of carbonyl (C=O) groups is 2. The van der Waals surface area contributed by atoms with Gasteiger partial charge in [0.1, 0.15) is 5.82 Å². The van der Waals surface area contributed by atoms with Crippen molar-refractivity contribution >= 4 is 17.7 Å². The van der Waals surface area contributed by atoms with Gasteiger partial charge in [0.05, 0.1) is 11.5 Å². The van der Waals surface area contributed by atoms with Crippen LogP contribution in [0.25, 0.3) is 0 Å². The molecule has 0 bridgehead atoms. The van der Waals surface area contributed by atoms with Gasteiger partial charge in [0, 0.05) is 18.8 Å². The summed E-state index contributed by atoms with van der Waals surface area (Å²) in [7, 11) is 0. The summed E-state index contributed by atoms with van der Waals surface area (Å²) >= 11 is 0.